The number of fused-ring (bicyclic) bond motifs is 5. The van der Waals surface area contributed by atoms with Gasteiger partial charge in [0.15, 0.2) is 11.6 Å². The van der Waals surface area contributed by atoms with E-state index < -0.39 is 33.2 Å². The van der Waals surface area contributed by atoms with Crippen molar-refractivity contribution in [2.24, 2.45) is 34.5 Å². The first kappa shape index (κ1) is 25.9. The van der Waals surface area contributed by atoms with Gasteiger partial charge in [-0.1, -0.05) is 44.6 Å². The van der Waals surface area contributed by atoms with Gasteiger partial charge in [0.2, 0.25) is 0 Å². The molecule has 5 rings (SSSR count). The van der Waals surface area contributed by atoms with Crippen LogP contribution in [0.5, 0.6) is 0 Å². The molecule has 8 nitrogen and oxygen atoms in total. The molecule has 0 heterocycles. The lowest BCUT2D eigenvalue weighted by atomic mass is 9.45. The fourth-order valence-corrected chi connectivity index (χ4v) is 8.40. The predicted molar refractivity (Wildman–Crippen MR) is 135 cm³/mol. The molecule has 0 bridgehead atoms. The highest BCUT2D eigenvalue weighted by molar-refractivity contribution is 6.01. The molecule has 0 amide bonds. The average Bonchev–Trinajstić information content (AvgIpc) is 3.11. The summed E-state index contributed by atoms with van der Waals surface area (Å²) in [4.78, 5) is 36.4. The van der Waals surface area contributed by atoms with Gasteiger partial charge in [0.1, 0.15) is 12.2 Å². The first-order valence-electron chi connectivity index (χ1n) is 13.1. The summed E-state index contributed by atoms with van der Waals surface area (Å²) in [7, 11) is 0. The lowest BCUT2D eigenvalue weighted by Gasteiger charge is -2.60. The van der Waals surface area contributed by atoms with Crippen LogP contribution in [0.3, 0.4) is 0 Å². The van der Waals surface area contributed by atoms with Gasteiger partial charge in [-0.25, -0.2) is 0 Å². The van der Waals surface area contributed by atoms with Crippen molar-refractivity contribution in [2.75, 3.05) is 6.61 Å². The maximum Gasteiger partial charge on any atom is 0.274 e. The molecular formula is C29H35NO7. The number of carbonyl (C=O) groups excluding carboxylic acids is 2. The number of rotatable bonds is 6. The van der Waals surface area contributed by atoms with Crippen molar-refractivity contribution in [1.82, 2.24) is 0 Å². The molecule has 0 radical (unpaired) electrons. The smallest absolute Gasteiger partial charge is 0.274 e. The van der Waals surface area contributed by atoms with Crippen LogP contribution in [0.4, 0.5) is 5.69 Å². The van der Waals surface area contributed by atoms with Crippen LogP contribution < -0.4 is 0 Å². The van der Waals surface area contributed by atoms with Crippen LogP contribution >= 0.6 is 0 Å². The number of nitro groups is 1. The summed E-state index contributed by atoms with van der Waals surface area (Å²) in [6, 6.07) is 6.22. The molecule has 0 unspecified atom stereocenters. The largest absolute Gasteiger partial charge is 0.393 e. The molecule has 2 N–H and O–H groups in total. The number of carbonyl (C=O) groups is 2. The summed E-state index contributed by atoms with van der Waals surface area (Å²) in [6.45, 7) is 5.67. The molecule has 1 aromatic rings. The molecular weight excluding hydrogens is 474 g/mol. The maximum atomic E-state index is 13.4. The molecule has 1 aromatic carbocycles. The zero-order valence-electron chi connectivity index (χ0n) is 21.6. The number of allylic oxidation sites excluding steroid dienone is 4. The van der Waals surface area contributed by atoms with E-state index in [0.717, 1.165) is 12.0 Å². The highest BCUT2D eigenvalue weighted by Gasteiger charge is 2.68. The molecule has 8 atom stereocenters. The SMILES string of the molecule is C[C@H]1C[C@@H]2[C@H]([C@@H](O)C[C@@]3(C)[C@H]2CC[C@]3(O)C(=O)COCc2ccccc2[N+](=O)[O-])[C@@]2(C)C=CC(=O)C=C12. The first-order chi connectivity index (χ1) is 17.4. The Balaban J connectivity index is 1.36. The van der Waals surface area contributed by atoms with Crippen molar-refractivity contribution < 1.29 is 29.5 Å². The number of ketones is 2. The summed E-state index contributed by atoms with van der Waals surface area (Å²) >= 11 is 0. The highest BCUT2D eigenvalue weighted by atomic mass is 16.6. The topological polar surface area (TPSA) is 127 Å². The number of hydrogen-bond donors (Lipinski definition) is 2. The Morgan fingerprint density at radius 1 is 1.27 bits per heavy atom. The van der Waals surface area contributed by atoms with E-state index >= 15 is 0 Å². The monoisotopic (exact) mass is 509 g/mol. The molecule has 8 heteroatoms. The van der Waals surface area contributed by atoms with E-state index in [-0.39, 0.29) is 54.8 Å². The van der Waals surface area contributed by atoms with E-state index in [2.05, 4.69) is 13.8 Å². The number of ether oxygens (including phenoxy) is 1. The van der Waals surface area contributed by atoms with Crippen molar-refractivity contribution in [3.8, 4) is 0 Å². The second-order valence-electron chi connectivity index (χ2n) is 11.9. The maximum absolute atomic E-state index is 13.4. The minimum Gasteiger partial charge on any atom is -0.393 e. The van der Waals surface area contributed by atoms with Crippen LogP contribution in [-0.4, -0.2) is 45.0 Å². The molecule has 4 aliphatic carbocycles. The van der Waals surface area contributed by atoms with E-state index in [1.54, 1.807) is 30.4 Å². The van der Waals surface area contributed by atoms with E-state index in [9.17, 15) is 29.9 Å². The standard InChI is InChI=1S/C29H35NO7/c1-17-12-20-21-9-11-29(34,25(33)16-37-15-18-6-4-5-7-23(18)30(35)36)28(21,3)14-24(32)26(20)27(2)10-8-19(31)13-22(17)27/h4-8,10,13,17,20-21,24,26,32,34H,9,11-12,14-16H2,1-3H3/t17-,20-,21-,24-,26+,27-,28-,29-/m0/s1. The number of Topliss-reactive ketones (excluding diaryl/α,β-unsaturated/α-hetero) is 1. The number of aliphatic hydroxyl groups is 2. The van der Waals surface area contributed by atoms with Gasteiger partial charge in [0, 0.05) is 22.8 Å². The highest BCUT2D eigenvalue weighted by Crippen LogP contribution is 2.67. The number of nitrogens with zero attached hydrogens (tertiary/aromatic N) is 1. The first-order valence-corrected chi connectivity index (χ1v) is 13.1. The summed E-state index contributed by atoms with van der Waals surface area (Å²) in [5, 5.41) is 34.6. The van der Waals surface area contributed by atoms with Gasteiger partial charge in [0.25, 0.3) is 5.69 Å². The van der Waals surface area contributed by atoms with Gasteiger partial charge in [-0.15, -0.1) is 0 Å². The average molecular weight is 510 g/mol. The number of aliphatic hydroxyl groups excluding tert-OH is 1. The van der Waals surface area contributed by atoms with E-state index in [1.807, 2.05) is 13.0 Å². The molecule has 0 spiro atoms. The predicted octanol–water partition coefficient (Wildman–Crippen LogP) is 3.94. The number of para-hydroxylation sites is 1. The van der Waals surface area contributed by atoms with Gasteiger partial charge in [-0.2, -0.15) is 0 Å². The Labute approximate surface area is 216 Å². The van der Waals surface area contributed by atoms with Crippen LogP contribution in [0.25, 0.3) is 0 Å². The molecule has 0 saturated heterocycles. The molecule has 37 heavy (non-hydrogen) atoms. The molecule has 0 aliphatic heterocycles. The van der Waals surface area contributed by atoms with E-state index in [1.165, 1.54) is 6.07 Å². The minimum absolute atomic E-state index is 0.0189. The summed E-state index contributed by atoms with van der Waals surface area (Å²) in [6.07, 6.45) is 6.57. The summed E-state index contributed by atoms with van der Waals surface area (Å²) < 4.78 is 5.60. The van der Waals surface area contributed by atoms with Crippen molar-refractivity contribution in [3.63, 3.8) is 0 Å². The Hall–Kier alpha value is -2.68. The number of hydrogen-bond acceptors (Lipinski definition) is 7. The van der Waals surface area contributed by atoms with Crippen molar-refractivity contribution in [3.05, 3.63) is 63.7 Å². The third kappa shape index (κ3) is 3.83. The van der Waals surface area contributed by atoms with Gasteiger partial charge in [0.05, 0.1) is 23.2 Å². The number of benzene rings is 1. The Morgan fingerprint density at radius 3 is 2.73 bits per heavy atom. The van der Waals surface area contributed by atoms with Gasteiger partial charge < -0.3 is 14.9 Å². The van der Waals surface area contributed by atoms with Crippen LogP contribution in [0.15, 0.2) is 48.1 Å². The fraction of sp³-hybridized carbons (Fsp3) is 0.586. The lowest BCUT2D eigenvalue weighted by Crippen LogP contribution is -2.62. The second kappa shape index (κ2) is 8.96. The van der Waals surface area contributed by atoms with Crippen LogP contribution in [0.1, 0.15) is 52.0 Å². The normalized spacial score (nSPS) is 40.4. The Morgan fingerprint density at radius 2 is 2.00 bits per heavy atom. The molecule has 4 aliphatic rings. The fourth-order valence-electron chi connectivity index (χ4n) is 8.40. The van der Waals surface area contributed by atoms with E-state index in [4.69, 9.17) is 4.74 Å². The zero-order chi connectivity index (χ0) is 26.8. The van der Waals surface area contributed by atoms with Crippen LogP contribution in [0.2, 0.25) is 0 Å². The van der Waals surface area contributed by atoms with Crippen molar-refractivity contribution in [2.45, 2.75) is 64.8 Å². The van der Waals surface area contributed by atoms with Gasteiger partial charge in [-0.05, 0) is 61.7 Å². The Kier molecular flexibility index (Phi) is 6.28. The third-order valence-electron chi connectivity index (χ3n) is 10.1. The van der Waals surface area contributed by atoms with Gasteiger partial charge in [-0.3, -0.25) is 19.7 Å². The summed E-state index contributed by atoms with van der Waals surface area (Å²) in [5.41, 5.74) is -1.55. The molecule has 198 valence electrons. The van der Waals surface area contributed by atoms with Gasteiger partial charge >= 0.3 is 0 Å². The minimum atomic E-state index is -1.65. The van der Waals surface area contributed by atoms with Crippen molar-refractivity contribution >= 4 is 17.3 Å². The van der Waals surface area contributed by atoms with Crippen molar-refractivity contribution in [1.29, 1.82) is 0 Å². The van der Waals surface area contributed by atoms with Crippen LogP contribution in [-0.2, 0) is 20.9 Å². The molecule has 0 aromatic heterocycles. The van der Waals surface area contributed by atoms with Crippen LogP contribution in [0, 0.1) is 44.6 Å². The zero-order valence-corrected chi connectivity index (χ0v) is 21.6. The molecule has 3 saturated carbocycles. The van der Waals surface area contributed by atoms with E-state index in [0.29, 0.717) is 18.4 Å². The lowest BCUT2D eigenvalue weighted by molar-refractivity contribution is -0.385. The quantitative estimate of drug-likeness (QED) is 0.439. The summed E-state index contributed by atoms with van der Waals surface area (Å²) in [5.74, 6) is -0.265. The number of nitro benzene ring substituents is 1. The second-order valence-corrected chi connectivity index (χ2v) is 11.9. The molecule has 3 fully saturated rings. The third-order valence-corrected chi connectivity index (χ3v) is 10.1. The Bertz CT molecular complexity index is 1210.